The van der Waals surface area contributed by atoms with E-state index in [9.17, 15) is 39.2 Å². The summed E-state index contributed by atoms with van der Waals surface area (Å²) in [6.45, 7) is 2.01. The molecule has 0 aromatic heterocycles. The van der Waals surface area contributed by atoms with Crippen molar-refractivity contribution in [3.05, 3.63) is 47.5 Å². The Morgan fingerprint density at radius 1 is 0.853 bits per heavy atom. The van der Waals surface area contributed by atoms with E-state index >= 15 is 0 Å². The van der Waals surface area contributed by atoms with Crippen LogP contribution < -0.4 is 44.9 Å². The van der Waals surface area contributed by atoms with Gasteiger partial charge in [-0.05, 0) is 42.3 Å². The van der Waals surface area contributed by atoms with Crippen molar-refractivity contribution in [2.75, 3.05) is 22.8 Å². The van der Waals surface area contributed by atoms with Gasteiger partial charge in [-0.2, -0.15) is 16.8 Å². The van der Waals surface area contributed by atoms with E-state index in [4.69, 9.17) is 0 Å². The monoisotopic (exact) mass is 542 g/mol. The fourth-order valence-corrected chi connectivity index (χ4v) is 4.64. The molecule has 16 heteroatoms. The number of anilines is 2. The second kappa shape index (κ2) is 11.6. The molecule has 0 fully saturated rings. The molecular weight excluding hydrogens is 521 g/mol. The third-order valence-corrected chi connectivity index (χ3v) is 6.35. The van der Waals surface area contributed by atoms with Gasteiger partial charge < -0.3 is 10.6 Å². The molecule has 0 atom stereocenters. The van der Waals surface area contributed by atoms with Gasteiger partial charge in [-0.3, -0.25) is 13.8 Å². The number of benzene rings is 2. The van der Waals surface area contributed by atoms with Crippen LogP contribution in [0.15, 0.2) is 46.2 Å². The number of urea groups is 1. The van der Waals surface area contributed by atoms with Crippen molar-refractivity contribution in [2.45, 2.75) is 16.7 Å². The molecule has 0 saturated heterocycles. The van der Waals surface area contributed by atoms with Crippen molar-refractivity contribution in [1.29, 1.82) is 0 Å². The maximum absolute atomic E-state index is 11.8. The molecule has 34 heavy (non-hydrogen) atoms. The van der Waals surface area contributed by atoms with Crippen LogP contribution in [0.3, 0.4) is 0 Å². The predicted octanol–water partition coefficient (Wildman–Crippen LogP) is -1.13. The van der Waals surface area contributed by atoms with Gasteiger partial charge in [-0.15, -0.1) is 0 Å². The van der Waals surface area contributed by atoms with Crippen LogP contribution in [0.2, 0.25) is 0 Å². The predicted molar refractivity (Wildman–Crippen MR) is 123 cm³/mol. The molecule has 2 amide bonds. The zero-order chi connectivity index (χ0) is 25.0. The number of carbonyl (C=O) groups is 1. The zero-order valence-electron chi connectivity index (χ0n) is 18.3. The van der Waals surface area contributed by atoms with Crippen LogP contribution in [0.4, 0.5) is 16.2 Å². The van der Waals surface area contributed by atoms with Gasteiger partial charge in [0, 0.05) is 17.9 Å². The Morgan fingerprint density at radius 3 is 1.71 bits per heavy atom. The molecule has 0 aliphatic heterocycles. The van der Waals surface area contributed by atoms with Gasteiger partial charge in [-0.1, -0.05) is 24.3 Å². The molecule has 0 aliphatic carbocycles. The molecule has 0 unspecified atom stereocenters. The number of sulfonamides is 1. The number of rotatable bonds is 8. The summed E-state index contributed by atoms with van der Waals surface area (Å²) in [4.78, 5) is 10.4. The van der Waals surface area contributed by atoms with Crippen LogP contribution in [0.1, 0.15) is 18.1 Å². The van der Waals surface area contributed by atoms with E-state index in [2.05, 4.69) is 15.4 Å². The smallest absolute Gasteiger partial charge is 0.338 e. The first-order valence-electron chi connectivity index (χ1n) is 9.04. The summed E-state index contributed by atoms with van der Waals surface area (Å²) < 4.78 is 91.1. The first-order chi connectivity index (χ1) is 15.1. The summed E-state index contributed by atoms with van der Waals surface area (Å²) in [5.41, 5.74) is -0.205. The second-order valence-corrected chi connectivity index (χ2v) is 11.2. The van der Waals surface area contributed by atoms with E-state index in [-0.39, 0.29) is 52.1 Å². The third kappa shape index (κ3) is 8.99. The van der Waals surface area contributed by atoms with E-state index in [1.807, 2.05) is 0 Å². The van der Waals surface area contributed by atoms with E-state index in [0.717, 1.165) is 30.5 Å². The van der Waals surface area contributed by atoms with E-state index in [1.165, 1.54) is 24.3 Å². The molecule has 0 aliphatic rings. The Hall–Kier alpha value is -1.98. The minimum atomic E-state index is -4.79. The molecule has 5 N–H and O–H groups in total. The first kappa shape index (κ1) is 30.1. The molecule has 2 aromatic carbocycles. The third-order valence-electron chi connectivity index (χ3n) is 3.92. The van der Waals surface area contributed by atoms with Crippen molar-refractivity contribution in [2.24, 2.45) is 0 Å². The molecule has 0 spiro atoms. The number of amides is 2. The van der Waals surface area contributed by atoms with E-state index in [1.54, 1.807) is 6.92 Å². The number of nitrogens with one attached hydrogen (secondary N) is 3. The fraction of sp³-hybridized carbons (Fsp3) is 0.167. The quantitative estimate of drug-likeness (QED) is 0.156. The minimum Gasteiger partial charge on any atom is -0.338 e. The van der Waals surface area contributed by atoms with Crippen LogP contribution in [0.25, 0.3) is 12.2 Å². The number of hydrogen-bond acceptors (Lipinski definition) is 7. The van der Waals surface area contributed by atoms with Crippen LogP contribution in [-0.4, -0.2) is 53.2 Å². The SMILES string of the molecule is CCNC(=O)Nc1ccc(/C=C/c2ccc(NS(C)(=O)=O)cc2S(=O)(=O)O)c(S(=O)(=O)O)c1.[Na+]. The van der Waals surface area contributed by atoms with Gasteiger partial charge in [0.1, 0.15) is 9.79 Å². The summed E-state index contributed by atoms with van der Waals surface area (Å²) in [5.74, 6) is 0. The van der Waals surface area contributed by atoms with Gasteiger partial charge in [-0.25, -0.2) is 13.2 Å². The summed E-state index contributed by atoms with van der Waals surface area (Å²) in [7, 11) is -13.2. The Kier molecular flexibility index (Phi) is 10.3. The van der Waals surface area contributed by atoms with Crippen LogP contribution in [0, 0.1) is 0 Å². The van der Waals surface area contributed by atoms with Crippen LogP contribution in [0.5, 0.6) is 0 Å². The Balaban J connectivity index is 0.00000578. The van der Waals surface area contributed by atoms with Crippen LogP contribution in [-0.2, 0) is 30.3 Å². The number of hydrogen-bond donors (Lipinski definition) is 5. The minimum absolute atomic E-state index is 0. The molecule has 0 radical (unpaired) electrons. The maximum Gasteiger partial charge on any atom is 1.00 e. The van der Waals surface area contributed by atoms with Gasteiger partial charge in [0.2, 0.25) is 10.0 Å². The second-order valence-electron chi connectivity index (χ2n) is 6.65. The van der Waals surface area contributed by atoms with E-state index < -0.39 is 46.1 Å². The zero-order valence-corrected chi connectivity index (χ0v) is 22.8. The topological polar surface area (TPSA) is 196 Å². The first-order valence-corrected chi connectivity index (χ1v) is 13.8. The maximum atomic E-state index is 11.8. The average molecular weight is 543 g/mol. The molecule has 2 rings (SSSR count). The average Bonchev–Trinajstić information content (AvgIpc) is 2.65. The largest absolute Gasteiger partial charge is 1.00 e. The fourth-order valence-electron chi connectivity index (χ4n) is 2.66. The van der Waals surface area contributed by atoms with Crippen molar-refractivity contribution in [1.82, 2.24) is 5.32 Å². The normalized spacial score (nSPS) is 12.1. The summed E-state index contributed by atoms with van der Waals surface area (Å²) in [5, 5.41) is 4.85. The Bertz CT molecular complexity index is 1420. The van der Waals surface area contributed by atoms with Gasteiger partial charge in [0.15, 0.2) is 0 Å². The van der Waals surface area contributed by atoms with Gasteiger partial charge in [0.05, 0.1) is 6.26 Å². The molecule has 0 saturated carbocycles. The van der Waals surface area contributed by atoms with Crippen molar-refractivity contribution >= 4 is 59.8 Å². The molecular formula is C18H21N3NaO9S3+. The standard InChI is InChI=1S/C18H21N3O9S3.Na/c1-3-19-18(22)20-14-8-6-12(16(10-14)32(25,26)27)4-5-13-7-9-15(21-31(2,23)24)11-17(13)33(28,29)30;/h4-11,21H,3H2,1-2H3,(H2,19,20,22)(H,25,26,27)(H,28,29,30);/q;+1/b5-4+;. The number of carbonyl (C=O) groups excluding carboxylic acids is 1. The summed E-state index contributed by atoms with van der Waals surface area (Å²) in [6, 6.07) is 6.33. The molecule has 2 aromatic rings. The van der Waals surface area contributed by atoms with E-state index in [0.29, 0.717) is 6.54 Å². The molecule has 180 valence electrons. The molecule has 0 heterocycles. The van der Waals surface area contributed by atoms with Crippen molar-refractivity contribution < 1.29 is 68.7 Å². The summed E-state index contributed by atoms with van der Waals surface area (Å²) in [6.07, 6.45) is 3.16. The Morgan fingerprint density at radius 2 is 1.29 bits per heavy atom. The molecule has 12 nitrogen and oxygen atoms in total. The van der Waals surface area contributed by atoms with Gasteiger partial charge in [0.25, 0.3) is 20.2 Å². The van der Waals surface area contributed by atoms with Gasteiger partial charge >= 0.3 is 35.6 Å². The van der Waals surface area contributed by atoms with Crippen molar-refractivity contribution in [3.8, 4) is 0 Å². The van der Waals surface area contributed by atoms with Crippen LogP contribution >= 0.6 is 0 Å². The molecule has 0 bridgehead atoms. The Labute approximate surface area is 219 Å². The van der Waals surface area contributed by atoms with Crippen molar-refractivity contribution in [3.63, 3.8) is 0 Å². The summed E-state index contributed by atoms with van der Waals surface area (Å²) >= 11 is 0.